The number of benzene rings is 2. The van der Waals surface area contributed by atoms with Crippen LogP contribution >= 0.6 is 0 Å². The van der Waals surface area contributed by atoms with Crippen LogP contribution in [0.2, 0.25) is 0 Å². The molecule has 0 aromatic heterocycles. The molecule has 0 saturated carbocycles. The van der Waals surface area contributed by atoms with Gasteiger partial charge in [-0.15, -0.1) is 0 Å². The van der Waals surface area contributed by atoms with E-state index in [9.17, 15) is 4.79 Å². The van der Waals surface area contributed by atoms with Crippen molar-refractivity contribution in [2.24, 2.45) is 0 Å². The molecule has 0 saturated heterocycles. The van der Waals surface area contributed by atoms with Crippen LogP contribution in [-0.4, -0.2) is 12.9 Å². The quantitative estimate of drug-likeness (QED) is 0.750. The van der Waals surface area contributed by atoms with Crippen molar-refractivity contribution < 1.29 is 9.53 Å². The van der Waals surface area contributed by atoms with Gasteiger partial charge in [0.15, 0.2) is 5.78 Å². The average molecular weight is 228 g/mol. The van der Waals surface area contributed by atoms with Crippen molar-refractivity contribution in [3.63, 3.8) is 0 Å². The summed E-state index contributed by atoms with van der Waals surface area (Å²) in [6.07, 6.45) is 0.795. The second-order valence-electron chi connectivity index (χ2n) is 4.07. The molecule has 0 bridgehead atoms. The zero-order valence-corrected chi connectivity index (χ0v) is 10.4. The number of rotatable bonds is 3. The molecule has 0 fully saturated rings. The van der Waals surface area contributed by atoms with Gasteiger partial charge < -0.3 is 4.74 Å². The van der Waals surface area contributed by atoms with E-state index in [2.05, 4.69) is 0 Å². The number of hydrogen-bond acceptors (Lipinski definition) is 2. The maximum absolute atomic E-state index is 11.7. The Kier molecular flexibility index (Phi) is 3.14. The molecule has 2 nitrogen and oxygen atoms in total. The van der Waals surface area contributed by atoms with Crippen LogP contribution in [0.1, 0.15) is 29.8 Å². The van der Waals surface area contributed by atoms with E-state index >= 15 is 0 Å². The van der Waals surface area contributed by atoms with Gasteiger partial charge in [0.2, 0.25) is 0 Å². The van der Waals surface area contributed by atoms with Crippen molar-refractivity contribution in [3.8, 4) is 5.75 Å². The van der Waals surface area contributed by atoms with Gasteiger partial charge in [-0.25, -0.2) is 0 Å². The fraction of sp³-hybridized carbons (Fsp3) is 0.267. The molecule has 0 aliphatic carbocycles. The number of carbonyl (C=O) groups excluding carboxylic acids is 1. The highest BCUT2D eigenvalue weighted by molar-refractivity contribution is 6.02. The molecule has 0 heterocycles. The van der Waals surface area contributed by atoms with E-state index in [1.54, 1.807) is 14.0 Å². The number of methoxy groups -OCH3 is 1. The van der Waals surface area contributed by atoms with E-state index in [1.807, 2.05) is 37.3 Å². The lowest BCUT2D eigenvalue weighted by molar-refractivity contribution is 0.101. The summed E-state index contributed by atoms with van der Waals surface area (Å²) >= 11 is 0. The molecule has 0 amide bonds. The van der Waals surface area contributed by atoms with Crippen molar-refractivity contribution in [2.75, 3.05) is 7.11 Å². The second-order valence-corrected chi connectivity index (χ2v) is 4.07. The number of ether oxygens (including phenoxy) is 1. The third kappa shape index (κ3) is 1.91. The van der Waals surface area contributed by atoms with E-state index in [0.717, 1.165) is 34.1 Å². The highest BCUT2D eigenvalue weighted by atomic mass is 16.5. The molecule has 2 aromatic carbocycles. The van der Waals surface area contributed by atoms with Crippen LogP contribution < -0.4 is 4.74 Å². The first-order chi connectivity index (χ1) is 8.19. The van der Waals surface area contributed by atoms with Gasteiger partial charge in [0.1, 0.15) is 5.75 Å². The molecule has 0 aliphatic rings. The van der Waals surface area contributed by atoms with Crippen LogP contribution in [-0.2, 0) is 6.42 Å². The van der Waals surface area contributed by atoms with Crippen LogP contribution in [0, 0.1) is 0 Å². The number of carbonyl (C=O) groups is 1. The van der Waals surface area contributed by atoms with Crippen LogP contribution in [0.25, 0.3) is 10.8 Å². The lowest BCUT2D eigenvalue weighted by Gasteiger charge is -2.14. The average Bonchev–Trinajstić information content (AvgIpc) is 2.36. The van der Waals surface area contributed by atoms with Crippen molar-refractivity contribution in [1.29, 1.82) is 0 Å². The molecular formula is C15H16O2. The van der Waals surface area contributed by atoms with E-state index in [1.165, 1.54) is 0 Å². The molecule has 2 rings (SSSR count). The monoisotopic (exact) mass is 228 g/mol. The minimum atomic E-state index is 0.0888. The lowest BCUT2D eigenvalue weighted by Crippen LogP contribution is -2.02. The summed E-state index contributed by atoms with van der Waals surface area (Å²) in [4.78, 5) is 11.7. The van der Waals surface area contributed by atoms with Crippen molar-refractivity contribution in [1.82, 2.24) is 0 Å². The highest BCUT2D eigenvalue weighted by Gasteiger charge is 2.14. The predicted molar refractivity (Wildman–Crippen MR) is 69.9 cm³/mol. The summed E-state index contributed by atoms with van der Waals surface area (Å²) in [5, 5.41) is 2.11. The van der Waals surface area contributed by atoms with Crippen molar-refractivity contribution in [3.05, 3.63) is 41.5 Å². The third-order valence-corrected chi connectivity index (χ3v) is 3.04. The first-order valence-corrected chi connectivity index (χ1v) is 5.78. The van der Waals surface area contributed by atoms with Crippen molar-refractivity contribution in [2.45, 2.75) is 20.3 Å². The lowest BCUT2D eigenvalue weighted by atomic mass is 9.95. The summed E-state index contributed by atoms with van der Waals surface area (Å²) in [5.41, 5.74) is 1.77. The molecule has 0 aliphatic heterocycles. The predicted octanol–water partition coefficient (Wildman–Crippen LogP) is 3.61. The Balaban J connectivity index is 2.88. The Bertz CT molecular complexity index is 570. The van der Waals surface area contributed by atoms with Gasteiger partial charge in [-0.1, -0.05) is 31.2 Å². The standard InChI is InChI=1S/C15H16O2/c1-4-12-14(10(2)16)9-11-7-5-6-8-13(11)15(12)17-3/h5-9H,4H2,1-3H3. The van der Waals surface area contributed by atoms with Gasteiger partial charge in [0, 0.05) is 16.5 Å². The normalized spacial score (nSPS) is 10.5. The fourth-order valence-electron chi connectivity index (χ4n) is 2.26. The minimum Gasteiger partial charge on any atom is -0.496 e. The van der Waals surface area contributed by atoms with Gasteiger partial charge in [-0.2, -0.15) is 0 Å². The topological polar surface area (TPSA) is 26.3 Å². The molecule has 0 unspecified atom stereocenters. The smallest absolute Gasteiger partial charge is 0.160 e. The van der Waals surface area contributed by atoms with Gasteiger partial charge in [0.05, 0.1) is 7.11 Å². The first-order valence-electron chi connectivity index (χ1n) is 5.78. The zero-order chi connectivity index (χ0) is 12.4. The number of fused-ring (bicyclic) bond motifs is 1. The minimum absolute atomic E-state index is 0.0888. The van der Waals surface area contributed by atoms with Crippen molar-refractivity contribution >= 4 is 16.6 Å². The third-order valence-electron chi connectivity index (χ3n) is 3.04. The van der Waals surface area contributed by atoms with Gasteiger partial charge >= 0.3 is 0 Å². The van der Waals surface area contributed by atoms with E-state index in [0.29, 0.717) is 0 Å². The van der Waals surface area contributed by atoms with Gasteiger partial charge in [-0.05, 0) is 24.8 Å². The second kappa shape index (κ2) is 4.58. The summed E-state index contributed by atoms with van der Waals surface area (Å²) < 4.78 is 5.49. The number of ketones is 1. The summed E-state index contributed by atoms with van der Waals surface area (Å²) in [6.45, 7) is 3.64. The highest BCUT2D eigenvalue weighted by Crippen LogP contribution is 2.33. The number of Topliss-reactive ketones (excluding diaryl/α,β-unsaturated/α-hetero) is 1. The van der Waals surface area contributed by atoms with Gasteiger partial charge in [0.25, 0.3) is 0 Å². The van der Waals surface area contributed by atoms with Gasteiger partial charge in [-0.3, -0.25) is 4.79 Å². The molecular weight excluding hydrogens is 212 g/mol. The molecule has 17 heavy (non-hydrogen) atoms. The zero-order valence-electron chi connectivity index (χ0n) is 10.4. The Morgan fingerprint density at radius 2 is 2.00 bits per heavy atom. The summed E-state index contributed by atoms with van der Waals surface area (Å²) in [6, 6.07) is 9.94. The molecule has 0 spiro atoms. The molecule has 0 atom stereocenters. The molecule has 2 aromatic rings. The maximum atomic E-state index is 11.7. The Labute approximate surface area is 101 Å². The van der Waals surface area contributed by atoms with E-state index < -0.39 is 0 Å². The van der Waals surface area contributed by atoms with Crippen LogP contribution in [0.15, 0.2) is 30.3 Å². The van der Waals surface area contributed by atoms with E-state index in [-0.39, 0.29) is 5.78 Å². The van der Waals surface area contributed by atoms with E-state index in [4.69, 9.17) is 4.74 Å². The largest absolute Gasteiger partial charge is 0.496 e. The van der Waals surface area contributed by atoms with Crippen LogP contribution in [0.3, 0.4) is 0 Å². The Morgan fingerprint density at radius 3 is 2.59 bits per heavy atom. The summed E-state index contributed by atoms with van der Waals surface area (Å²) in [7, 11) is 1.66. The molecule has 0 N–H and O–H groups in total. The molecule has 88 valence electrons. The molecule has 2 heteroatoms. The SMILES string of the molecule is CCc1c(C(C)=O)cc2ccccc2c1OC. The maximum Gasteiger partial charge on any atom is 0.160 e. The van der Waals surface area contributed by atoms with Crippen LogP contribution in [0.5, 0.6) is 5.75 Å². The summed E-state index contributed by atoms with van der Waals surface area (Å²) in [5.74, 6) is 0.918. The number of hydrogen-bond donors (Lipinski definition) is 0. The fourth-order valence-corrected chi connectivity index (χ4v) is 2.26. The Hall–Kier alpha value is -1.83. The molecule has 0 radical (unpaired) electrons. The Morgan fingerprint density at radius 1 is 1.29 bits per heavy atom. The first kappa shape index (κ1) is 11.6. The van der Waals surface area contributed by atoms with Crippen LogP contribution in [0.4, 0.5) is 0 Å².